The molecule has 0 bridgehead atoms. The number of alkyl halides is 1. The van der Waals surface area contributed by atoms with Crippen LogP contribution in [0.4, 0.5) is 0 Å². The normalized spacial score (nSPS) is 11.8. The van der Waals surface area contributed by atoms with Crippen LogP contribution in [0, 0.1) is 6.92 Å². The maximum absolute atomic E-state index is 12.7. The molecule has 0 saturated carbocycles. The highest BCUT2D eigenvalue weighted by atomic mass is 127. The number of halogens is 1. The number of carbonyl (C=O) groups is 3. The van der Waals surface area contributed by atoms with Gasteiger partial charge >= 0.3 is 5.97 Å². The number of nitrogens with two attached hydrogens (primary N) is 1. The van der Waals surface area contributed by atoms with Gasteiger partial charge in [0.2, 0.25) is 6.10 Å². The summed E-state index contributed by atoms with van der Waals surface area (Å²) in [6.45, 7) is 2.25. The Kier molecular flexibility index (Phi) is 6.76. The van der Waals surface area contributed by atoms with Gasteiger partial charge in [0.05, 0.1) is 23.6 Å². The van der Waals surface area contributed by atoms with Crippen molar-refractivity contribution in [2.24, 2.45) is 5.73 Å². The minimum absolute atomic E-state index is 0.182. The van der Waals surface area contributed by atoms with E-state index in [1.165, 1.54) is 7.11 Å². The maximum atomic E-state index is 12.7. The second-order valence-corrected chi connectivity index (χ2v) is 7.54. The molecule has 1 heterocycles. The van der Waals surface area contributed by atoms with Gasteiger partial charge in [0.1, 0.15) is 5.75 Å². The van der Waals surface area contributed by atoms with E-state index in [0.29, 0.717) is 33.3 Å². The summed E-state index contributed by atoms with van der Waals surface area (Å²) in [7, 11) is 1.29. The molecule has 0 aliphatic rings. The Balaban J connectivity index is 2.22. The van der Waals surface area contributed by atoms with Crippen molar-refractivity contribution in [2.45, 2.75) is 19.6 Å². The number of ether oxygens (including phenoxy) is 2. The molecule has 0 aliphatic carbocycles. The first-order valence-electron chi connectivity index (χ1n) is 9.19. The van der Waals surface area contributed by atoms with Crippen LogP contribution < -0.4 is 10.5 Å². The Hall–Kier alpha value is -2.88. The number of esters is 1. The van der Waals surface area contributed by atoms with Crippen molar-refractivity contribution < 1.29 is 23.9 Å². The van der Waals surface area contributed by atoms with E-state index in [1.54, 1.807) is 19.1 Å². The lowest BCUT2D eigenvalue weighted by Crippen LogP contribution is -2.30. The summed E-state index contributed by atoms with van der Waals surface area (Å²) < 4.78 is 13.0. The first-order valence-corrected chi connectivity index (χ1v) is 10.7. The minimum atomic E-state index is -1.05. The number of methoxy groups -OCH3 is 1. The number of fused-ring (bicyclic) bond motifs is 1. The summed E-state index contributed by atoms with van der Waals surface area (Å²) in [5, 5.41) is 0.452. The lowest BCUT2D eigenvalue weighted by Gasteiger charge is -2.16. The third kappa shape index (κ3) is 4.18. The van der Waals surface area contributed by atoms with Crippen molar-refractivity contribution in [3.8, 4) is 5.75 Å². The topological polar surface area (TPSA) is 101 Å². The Labute approximate surface area is 187 Å². The van der Waals surface area contributed by atoms with Crippen LogP contribution in [0.5, 0.6) is 5.75 Å². The summed E-state index contributed by atoms with van der Waals surface area (Å²) >= 11 is 2.03. The summed E-state index contributed by atoms with van der Waals surface area (Å²) in [6.07, 6.45) is -0.851. The first-order chi connectivity index (χ1) is 14.4. The third-order valence-electron chi connectivity index (χ3n) is 4.82. The summed E-state index contributed by atoms with van der Waals surface area (Å²) in [5.41, 5.74) is 7.83. The molecule has 3 rings (SSSR count). The number of Topliss-reactive ketones (excluding diaryl/α,β-unsaturated/α-hetero) is 1. The van der Waals surface area contributed by atoms with E-state index in [1.807, 2.05) is 63.6 Å². The van der Waals surface area contributed by atoms with E-state index in [9.17, 15) is 14.4 Å². The summed E-state index contributed by atoms with van der Waals surface area (Å²) in [5.74, 6) is -2.06. The molecule has 0 spiro atoms. The number of hydrogen-bond donors (Lipinski definition) is 1. The number of benzene rings is 2. The van der Waals surface area contributed by atoms with Gasteiger partial charge in [-0.05, 0) is 24.6 Å². The number of primary amides is 1. The zero-order chi connectivity index (χ0) is 21.8. The van der Waals surface area contributed by atoms with Crippen molar-refractivity contribution >= 4 is 51.2 Å². The van der Waals surface area contributed by atoms with Crippen molar-refractivity contribution in [3.63, 3.8) is 0 Å². The van der Waals surface area contributed by atoms with Crippen LogP contribution in [0.3, 0.4) is 0 Å². The predicted molar refractivity (Wildman–Crippen MR) is 121 cm³/mol. The van der Waals surface area contributed by atoms with Gasteiger partial charge in [-0.25, -0.2) is 4.79 Å². The van der Waals surface area contributed by atoms with Crippen molar-refractivity contribution in [2.75, 3.05) is 11.5 Å². The van der Waals surface area contributed by atoms with Gasteiger partial charge in [0.25, 0.3) is 11.7 Å². The predicted octanol–water partition coefficient (Wildman–Crippen LogP) is 3.02. The second kappa shape index (κ2) is 9.29. The van der Waals surface area contributed by atoms with Crippen LogP contribution in [0.25, 0.3) is 10.9 Å². The van der Waals surface area contributed by atoms with E-state index in [-0.39, 0.29) is 5.56 Å². The number of nitrogens with zero attached hydrogens (tertiary/aromatic N) is 1. The molecule has 1 aromatic heterocycles. The molecule has 8 heteroatoms. The van der Waals surface area contributed by atoms with Gasteiger partial charge in [-0.3, -0.25) is 9.59 Å². The van der Waals surface area contributed by atoms with Gasteiger partial charge in [0, 0.05) is 16.7 Å². The fourth-order valence-electron chi connectivity index (χ4n) is 3.39. The van der Waals surface area contributed by atoms with Gasteiger partial charge in [-0.1, -0.05) is 59.0 Å². The van der Waals surface area contributed by atoms with Crippen molar-refractivity contribution in [1.29, 1.82) is 0 Å². The molecule has 0 fully saturated rings. The fraction of sp³-hybridized carbons (Fsp3) is 0.227. The van der Waals surface area contributed by atoms with E-state index in [4.69, 9.17) is 15.2 Å². The van der Waals surface area contributed by atoms with Crippen LogP contribution in [0.2, 0.25) is 0 Å². The number of ketones is 1. The highest BCUT2D eigenvalue weighted by Crippen LogP contribution is 2.35. The molecule has 0 aliphatic heterocycles. The van der Waals surface area contributed by atoms with Gasteiger partial charge in [-0.2, -0.15) is 0 Å². The second-order valence-electron chi connectivity index (χ2n) is 6.66. The molecule has 156 valence electrons. The average Bonchev–Trinajstić information content (AvgIpc) is 3.03. The Morgan fingerprint density at radius 3 is 2.40 bits per heavy atom. The Morgan fingerprint density at radius 2 is 1.80 bits per heavy atom. The van der Waals surface area contributed by atoms with Gasteiger partial charge in [-0.15, -0.1) is 0 Å². The molecule has 7 nitrogen and oxygen atoms in total. The Morgan fingerprint density at radius 1 is 1.10 bits per heavy atom. The highest BCUT2D eigenvalue weighted by molar-refractivity contribution is 14.1. The molecule has 0 saturated heterocycles. The smallest absolute Gasteiger partial charge is 0.347 e. The lowest BCUT2D eigenvalue weighted by atomic mass is 10.1. The molecular weight excluding hydrogens is 499 g/mol. The minimum Gasteiger partial charge on any atom is -0.477 e. The first kappa shape index (κ1) is 21.8. The zero-order valence-electron chi connectivity index (χ0n) is 16.6. The van der Waals surface area contributed by atoms with Crippen molar-refractivity contribution in [3.05, 3.63) is 65.4 Å². The maximum Gasteiger partial charge on any atom is 0.347 e. The fourth-order valence-corrected chi connectivity index (χ4v) is 3.93. The van der Waals surface area contributed by atoms with Crippen LogP contribution in [-0.4, -0.2) is 39.9 Å². The number of carbonyl (C=O) groups excluding carboxylic acids is 3. The molecular formula is C22H21IN2O5. The molecule has 30 heavy (non-hydrogen) atoms. The SMILES string of the molecule is COC(=O)C(CI)Oc1cccc2c1c(C(=O)C(N)=O)c(C)n2Cc1ccccc1. The van der Waals surface area contributed by atoms with Gasteiger partial charge < -0.3 is 19.8 Å². The number of amides is 1. The van der Waals surface area contributed by atoms with E-state index >= 15 is 0 Å². The van der Waals surface area contributed by atoms with Gasteiger partial charge in [0.15, 0.2) is 0 Å². The molecule has 1 atom stereocenters. The third-order valence-corrected chi connectivity index (χ3v) is 5.62. The molecule has 3 aromatic rings. The molecule has 2 aromatic carbocycles. The summed E-state index contributed by atoms with van der Waals surface area (Å²) in [4.78, 5) is 36.5. The standard InChI is InChI=1S/C22H21IN2O5/c1-13-18(20(26)21(24)27)19-15(25(13)12-14-7-4-3-5-8-14)9-6-10-16(19)30-17(11-23)22(28)29-2/h3-10,17H,11-12H2,1-2H3,(H2,24,27). The number of hydrogen-bond acceptors (Lipinski definition) is 5. The molecule has 1 amide bonds. The Bertz CT molecular complexity index is 1110. The van der Waals surface area contributed by atoms with Crippen LogP contribution >= 0.6 is 22.6 Å². The van der Waals surface area contributed by atoms with Crippen LogP contribution in [0.15, 0.2) is 48.5 Å². The largest absolute Gasteiger partial charge is 0.477 e. The number of rotatable bonds is 8. The van der Waals surface area contributed by atoms with Crippen LogP contribution in [0.1, 0.15) is 21.6 Å². The van der Waals surface area contributed by atoms with E-state index in [2.05, 4.69) is 0 Å². The summed E-state index contributed by atoms with van der Waals surface area (Å²) in [6, 6.07) is 15.0. The highest BCUT2D eigenvalue weighted by Gasteiger charge is 2.28. The zero-order valence-corrected chi connectivity index (χ0v) is 18.7. The number of aromatic nitrogens is 1. The van der Waals surface area contributed by atoms with Crippen LogP contribution in [-0.2, 0) is 20.9 Å². The molecule has 0 radical (unpaired) electrons. The quantitative estimate of drug-likeness (QED) is 0.162. The van der Waals surface area contributed by atoms with Crippen molar-refractivity contribution in [1.82, 2.24) is 4.57 Å². The average molecular weight is 520 g/mol. The van der Waals surface area contributed by atoms with E-state index < -0.39 is 23.8 Å². The lowest BCUT2D eigenvalue weighted by molar-refractivity contribution is -0.147. The molecule has 1 unspecified atom stereocenters. The molecule has 2 N–H and O–H groups in total. The monoisotopic (exact) mass is 520 g/mol. The van der Waals surface area contributed by atoms with E-state index in [0.717, 1.165) is 5.56 Å².